The average molecular weight is 432 g/mol. The minimum Gasteiger partial charge on any atom is -0.272 e. The summed E-state index contributed by atoms with van der Waals surface area (Å²) in [6.07, 6.45) is 0.950. The van der Waals surface area contributed by atoms with Crippen LogP contribution in [0.4, 0.5) is 0 Å². The number of rotatable bonds is 4. The molecule has 150 valence electrons. The minimum atomic E-state index is -3.58. The topological polar surface area (TPSA) is 105 Å². The second-order valence-corrected chi connectivity index (χ2v) is 9.24. The molecule has 3 aromatic rings. The van der Waals surface area contributed by atoms with Crippen LogP contribution in [0.15, 0.2) is 54.6 Å². The number of carbonyl (C=O) groups excluding carboxylic acids is 2. The van der Waals surface area contributed by atoms with Gasteiger partial charge in [-0.1, -0.05) is 48.0 Å². The van der Waals surface area contributed by atoms with E-state index < -0.39 is 26.9 Å². The van der Waals surface area contributed by atoms with E-state index in [4.69, 9.17) is 11.6 Å². The third kappa shape index (κ3) is 4.55. The molecule has 7 nitrogen and oxygen atoms in total. The molecule has 9 heteroatoms. The molecule has 1 atom stereocenters. The zero-order chi connectivity index (χ0) is 21.2. The van der Waals surface area contributed by atoms with Crippen molar-refractivity contribution in [3.8, 4) is 11.3 Å². The van der Waals surface area contributed by atoms with Gasteiger partial charge in [0.25, 0.3) is 11.8 Å². The Morgan fingerprint density at radius 1 is 1.03 bits per heavy atom. The number of hydrogen-bond donors (Lipinski definition) is 2. The number of sulfone groups is 1. The highest BCUT2D eigenvalue weighted by Gasteiger charge is 2.24. The van der Waals surface area contributed by atoms with Crippen molar-refractivity contribution in [1.82, 2.24) is 15.8 Å². The van der Waals surface area contributed by atoms with Gasteiger partial charge in [0.05, 0.1) is 16.8 Å². The highest BCUT2D eigenvalue weighted by atomic mass is 35.5. The fourth-order valence-electron chi connectivity index (χ4n) is 2.65. The van der Waals surface area contributed by atoms with Crippen molar-refractivity contribution in [2.45, 2.75) is 12.2 Å². The molecule has 0 aliphatic carbocycles. The number of hydrogen-bond acceptors (Lipinski definition) is 5. The normalized spacial score (nSPS) is 12.4. The Hall–Kier alpha value is -2.97. The molecule has 0 fully saturated rings. The molecular formula is C20H18ClN3O4S. The van der Waals surface area contributed by atoms with E-state index in [2.05, 4.69) is 15.8 Å². The molecule has 2 aromatic carbocycles. The summed E-state index contributed by atoms with van der Waals surface area (Å²) in [6, 6.07) is 15.7. The number of benzene rings is 2. The van der Waals surface area contributed by atoms with Crippen LogP contribution in [0.25, 0.3) is 22.2 Å². The van der Waals surface area contributed by atoms with E-state index in [9.17, 15) is 18.0 Å². The molecule has 1 aromatic heterocycles. The lowest BCUT2D eigenvalue weighted by Crippen LogP contribution is -2.47. The fourth-order valence-corrected chi connectivity index (χ4v) is 3.33. The van der Waals surface area contributed by atoms with E-state index in [0.29, 0.717) is 27.2 Å². The molecule has 1 heterocycles. The zero-order valence-electron chi connectivity index (χ0n) is 15.6. The zero-order valence-corrected chi connectivity index (χ0v) is 17.2. The first kappa shape index (κ1) is 20.8. The molecule has 0 bridgehead atoms. The van der Waals surface area contributed by atoms with Gasteiger partial charge in [-0.25, -0.2) is 13.4 Å². The first-order valence-electron chi connectivity index (χ1n) is 8.62. The maximum atomic E-state index is 12.8. The van der Waals surface area contributed by atoms with Gasteiger partial charge in [0.15, 0.2) is 9.84 Å². The van der Waals surface area contributed by atoms with Crippen LogP contribution in [0.5, 0.6) is 0 Å². The highest BCUT2D eigenvalue weighted by Crippen LogP contribution is 2.29. The van der Waals surface area contributed by atoms with Crippen LogP contribution in [0.3, 0.4) is 0 Å². The third-order valence-corrected chi connectivity index (χ3v) is 6.25. The molecule has 0 radical (unpaired) electrons. The van der Waals surface area contributed by atoms with Gasteiger partial charge in [-0.05, 0) is 25.1 Å². The van der Waals surface area contributed by atoms with Gasteiger partial charge in [0, 0.05) is 22.2 Å². The van der Waals surface area contributed by atoms with Gasteiger partial charge in [-0.15, -0.1) is 0 Å². The number of halogens is 1. The quantitative estimate of drug-likeness (QED) is 0.618. The van der Waals surface area contributed by atoms with E-state index in [1.165, 1.54) is 6.92 Å². The van der Waals surface area contributed by atoms with E-state index in [1.807, 2.05) is 6.07 Å². The first-order valence-corrected chi connectivity index (χ1v) is 11.0. The van der Waals surface area contributed by atoms with Crippen LogP contribution in [0.1, 0.15) is 17.3 Å². The van der Waals surface area contributed by atoms with Crippen LogP contribution in [0, 0.1) is 0 Å². The molecule has 2 N–H and O–H groups in total. The molecular weight excluding hydrogens is 414 g/mol. The number of para-hydroxylation sites is 1. The Morgan fingerprint density at radius 3 is 2.38 bits per heavy atom. The number of nitrogens with zero attached hydrogens (tertiary/aromatic N) is 1. The number of carbonyl (C=O) groups is 2. The van der Waals surface area contributed by atoms with E-state index >= 15 is 0 Å². The van der Waals surface area contributed by atoms with Crippen molar-refractivity contribution in [1.29, 1.82) is 0 Å². The number of amides is 2. The van der Waals surface area contributed by atoms with Crippen molar-refractivity contribution >= 4 is 44.2 Å². The monoisotopic (exact) mass is 431 g/mol. The van der Waals surface area contributed by atoms with Gasteiger partial charge in [-0.3, -0.25) is 20.4 Å². The molecule has 1 unspecified atom stereocenters. The minimum absolute atomic E-state index is 0.262. The first-order chi connectivity index (χ1) is 13.7. The second kappa shape index (κ2) is 8.18. The van der Waals surface area contributed by atoms with Crippen LogP contribution in [-0.2, 0) is 14.6 Å². The van der Waals surface area contributed by atoms with Crippen molar-refractivity contribution < 1.29 is 18.0 Å². The van der Waals surface area contributed by atoms with Gasteiger partial charge >= 0.3 is 0 Å². The van der Waals surface area contributed by atoms with E-state index in [-0.39, 0.29) is 5.56 Å². The standard InChI is InChI=1S/C20H18ClN3O4S/c1-12(29(2,27)28)19(25)23-24-20(26)15-11-18(14-8-3-5-9-16(14)21)22-17-10-6-4-7-13(15)17/h3-12H,1-2H3,(H,23,25)(H,24,26). The van der Waals surface area contributed by atoms with Crippen LogP contribution in [0.2, 0.25) is 5.02 Å². The Kier molecular flexibility index (Phi) is 5.86. The number of aromatic nitrogens is 1. The SMILES string of the molecule is CC(C(=O)NNC(=O)c1cc(-c2ccccc2Cl)nc2ccccc12)S(C)(=O)=O. The number of nitrogens with one attached hydrogen (secondary N) is 2. The van der Waals surface area contributed by atoms with E-state index in [0.717, 1.165) is 6.26 Å². The van der Waals surface area contributed by atoms with Crippen molar-refractivity contribution in [3.05, 3.63) is 65.2 Å². The van der Waals surface area contributed by atoms with Crippen LogP contribution in [-0.4, -0.2) is 36.7 Å². The molecule has 0 spiro atoms. The van der Waals surface area contributed by atoms with Crippen molar-refractivity contribution in [2.75, 3.05) is 6.26 Å². The molecule has 0 aliphatic heterocycles. The largest absolute Gasteiger partial charge is 0.272 e. The van der Waals surface area contributed by atoms with Crippen molar-refractivity contribution in [2.24, 2.45) is 0 Å². The molecule has 0 aliphatic rings. The summed E-state index contributed by atoms with van der Waals surface area (Å²) in [4.78, 5) is 29.3. The fraction of sp³-hybridized carbons (Fsp3) is 0.150. The predicted molar refractivity (Wildman–Crippen MR) is 112 cm³/mol. The number of hydrazine groups is 1. The molecule has 2 amide bonds. The van der Waals surface area contributed by atoms with Crippen LogP contribution >= 0.6 is 11.6 Å². The summed E-state index contributed by atoms with van der Waals surface area (Å²) < 4.78 is 23.0. The highest BCUT2D eigenvalue weighted by molar-refractivity contribution is 7.92. The summed E-state index contributed by atoms with van der Waals surface area (Å²) in [7, 11) is -3.58. The van der Waals surface area contributed by atoms with E-state index in [1.54, 1.807) is 48.5 Å². The summed E-state index contributed by atoms with van der Waals surface area (Å²) in [6.45, 7) is 1.24. The van der Waals surface area contributed by atoms with Gasteiger partial charge in [-0.2, -0.15) is 0 Å². The van der Waals surface area contributed by atoms with Crippen LogP contribution < -0.4 is 10.9 Å². The molecule has 0 saturated carbocycles. The summed E-state index contributed by atoms with van der Waals surface area (Å²) in [5, 5.41) is -0.237. The maximum absolute atomic E-state index is 12.8. The molecule has 3 rings (SSSR count). The predicted octanol–water partition coefficient (Wildman–Crippen LogP) is 2.75. The lowest BCUT2D eigenvalue weighted by atomic mass is 10.0. The maximum Gasteiger partial charge on any atom is 0.270 e. The Balaban J connectivity index is 1.97. The summed E-state index contributed by atoms with van der Waals surface area (Å²) >= 11 is 6.27. The van der Waals surface area contributed by atoms with Gasteiger partial charge < -0.3 is 0 Å². The second-order valence-electron chi connectivity index (χ2n) is 6.47. The Bertz CT molecular complexity index is 1210. The third-order valence-electron chi connectivity index (χ3n) is 4.42. The summed E-state index contributed by atoms with van der Waals surface area (Å²) in [5.41, 5.74) is 6.42. The molecule has 0 saturated heterocycles. The lowest BCUT2D eigenvalue weighted by Gasteiger charge is -2.13. The van der Waals surface area contributed by atoms with Crippen molar-refractivity contribution in [3.63, 3.8) is 0 Å². The number of pyridine rings is 1. The Labute approximate surface area is 173 Å². The Morgan fingerprint density at radius 2 is 1.69 bits per heavy atom. The number of fused-ring (bicyclic) bond motifs is 1. The smallest absolute Gasteiger partial charge is 0.270 e. The van der Waals surface area contributed by atoms with Gasteiger partial charge in [0.1, 0.15) is 5.25 Å². The van der Waals surface area contributed by atoms with Gasteiger partial charge in [0.2, 0.25) is 0 Å². The average Bonchev–Trinajstić information content (AvgIpc) is 2.70. The lowest BCUT2D eigenvalue weighted by molar-refractivity contribution is -0.121. The summed E-state index contributed by atoms with van der Waals surface area (Å²) in [5.74, 6) is -1.43. The molecule has 29 heavy (non-hydrogen) atoms.